The zero-order valence-electron chi connectivity index (χ0n) is 11.8. The van der Waals surface area contributed by atoms with E-state index in [1.54, 1.807) is 0 Å². The molecule has 3 rings (SSSR count). The molecule has 0 radical (unpaired) electrons. The highest BCUT2D eigenvalue weighted by atomic mass is 16.6. The van der Waals surface area contributed by atoms with Crippen molar-refractivity contribution in [2.24, 2.45) is 0 Å². The van der Waals surface area contributed by atoms with E-state index in [0.29, 0.717) is 12.3 Å². The Bertz CT molecular complexity index is 795. The van der Waals surface area contributed by atoms with Gasteiger partial charge in [-0.1, -0.05) is 24.3 Å². The third-order valence-corrected chi connectivity index (χ3v) is 3.26. The van der Waals surface area contributed by atoms with Gasteiger partial charge in [0, 0.05) is 0 Å². The molecule has 0 bridgehead atoms. The van der Waals surface area contributed by atoms with Crippen molar-refractivity contribution >= 4 is 0 Å². The first-order chi connectivity index (χ1) is 10.7. The van der Waals surface area contributed by atoms with Crippen LogP contribution in [0, 0.1) is 0 Å². The summed E-state index contributed by atoms with van der Waals surface area (Å²) < 4.78 is 13.5. The highest BCUT2D eigenvalue weighted by Gasteiger charge is 2.27. The van der Waals surface area contributed by atoms with Crippen molar-refractivity contribution in [3.8, 4) is 11.8 Å². The second kappa shape index (κ2) is 5.88. The van der Waals surface area contributed by atoms with Crippen molar-refractivity contribution in [1.29, 1.82) is 0 Å². The number of benzene rings is 1. The van der Waals surface area contributed by atoms with E-state index >= 15 is 0 Å². The Hall–Kier alpha value is -2.83. The summed E-state index contributed by atoms with van der Waals surface area (Å²) in [5.41, 5.74) is -1.09. The minimum absolute atomic E-state index is 0.0389. The zero-order valence-corrected chi connectivity index (χ0v) is 11.8. The number of aromatic nitrogens is 3. The standard InChI is InChI=1S/C15H15N3O4/c1-2-8-17-13(19)16-14-18(15(17)20)9-12(22-14)10-21-11-6-4-3-5-7-11/h2-7,12H,1,8-10H2. The first-order valence-electron chi connectivity index (χ1n) is 6.86. The van der Waals surface area contributed by atoms with Crippen molar-refractivity contribution in [2.45, 2.75) is 19.2 Å². The zero-order chi connectivity index (χ0) is 15.5. The van der Waals surface area contributed by atoms with Gasteiger partial charge in [-0.3, -0.25) is 0 Å². The van der Waals surface area contributed by atoms with Crippen LogP contribution < -0.4 is 20.9 Å². The first kappa shape index (κ1) is 14.1. The summed E-state index contributed by atoms with van der Waals surface area (Å²) in [5, 5.41) is 0. The first-order valence-corrected chi connectivity index (χ1v) is 6.86. The van der Waals surface area contributed by atoms with E-state index in [2.05, 4.69) is 11.6 Å². The van der Waals surface area contributed by atoms with Crippen molar-refractivity contribution in [3.05, 3.63) is 64.0 Å². The van der Waals surface area contributed by atoms with Crippen LogP contribution in [0.5, 0.6) is 11.8 Å². The van der Waals surface area contributed by atoms with Crippen LogP contribution >= 0.6 is 0 Å². The smallest absolute Gasteiger partial charge is 0.356 e. The maximum Gasteiger partial charge on any atom is 0.356 e. The number of fused-ring (bicyclic) bond motifs is 1. The Kier molecular flexibility index (Phi) is 3.78. The maximum absolute atomic E-state index is 12.2. The number of rotatable bonds is 5. The highest BCUT2D eigenvalue weighted by Crippen LogP contribution is 2.16. The summed E-state index contributed by atoms with van der Waals surface area (Å²) in [5.74, 6) is 0.716. The van der Waals surface area contributed by atoms with E-state index in [1.165, 1.54) is 10.6 Å². The Morgan fingerprint density at radius 3 is 2.86 bits per heavy atom. The molecule has 1 unspecified atom stereocenters. The van der Waals surface area contributed by atoms with Crippen LogP contribution in [0.4, 0.5) is 0 Å². The normalized spacial score (nSPS) is 15.9. The van der Waals surface area contributed by atoms with E-state index in [-0.39, 0.29) is 25.3 Å². The number of hydrogen-bond donors (Lipinski definition) is 0. The summed E-state index contributed by atoms with van der Waals surface area (Å²) in [4.78, 5) is 27.7. The van der Waals surface area contributed by atoms with Gasteiger partial charge in [0.15, 0.2) is 6.10 Å². The van der Waals surface area contributed by atoms with Crippen LogP contribution in [-0.2, 0) is 13.1 Å². The molecule has 0 N–H and O–H groups in total. The molecule has 0 aliphatic carbocycles. The molecule has 2 heterocycles. The van der Waals surface area contributed by atoms with Gasteiger partial charge < -0.3 is 9.47 Å². The van der Waals surface area contributed by atoms with Crippen LogP contribution in [0.25, 0.3) is 0 Å². The number of hydrogen-bond acceptors (Lipinski definition) is 5. The number of nitrogens with zero attached hydrogens (tertiary/aromatic N) is 3. The molecule has 1 aliphatic heterocycles. The largest absolute Gasteiger partial charge is 0.490 e. The van der Waals surface area contributed by atoms with Crippen LogP contribution in [0.3, 0.4) is 0 Å². The minimum Gasteiger partial charge on any atom is -0.490 e. The van der Waals surface area contributed by atoms with Crippen LogP contribution in [0.2, 0.25) is 0 Å². The molecule has 7 heteroatoms. The topological polar surface area (TPSA) is 75.4 Å². The Morgan fingerprint density at radius 2 is 2.14 bits per heavy atom. The van der Waals surface area contributed by atoms with Crippen LogP contribution in [-0.4, -0.2) is 26.8 Å². The maximum atomic E-state index is 12.2. The van der Waals surface area contributed by atoms with E-state index in [1.807, 2.05) is 30.3 Å². The van der Waals surface area contributed by atoms with E-state index in [0.717, 1.165) is 4.57 Å². The third kappa shape index (κ3) is 2.65. The number of allylic oxidation sites excluding steroid dienone is 1. The highest BCUT2D eigenvalue weighted by molar-refractivity contribution is 5.21. The fraction of sp³-hybridized carbons (Fsp3) is 0.267. The van der Waals surface area contributed by atoms with Gasteiger partial charge in [0.2, 0.25) is 0 Å². The molecule has 7 nitrogen and oxygen atoms in total. The molecule has 1 atom stereocenters. The van der Waals surface area contributed by atoms with Crippen molar-refractivity contribution in [3.63, 3.8) is 0 Å². The van der Waals surface area contributed by atoms with Gasteiger partial charge in [-0.2, -0.15) is 0 Å². The number of para-hydroxylation sites is 1. The summed E-state index contributed by atoms with van der Waals surface area (Å²) in [7, 11) is 0. The second-order valence-corrected chi connectivity index (χ2v) is 4.83. The van der Waals surface area contributed by atoms with Gasteiger partial charge in [-0.15, -0.1) is 11.6 Å². The SMILES string of the molecule is C=CCn1c(=O)nc2n(c1=O)CC(COc1ccccc1)O2. The lowest BCUT2D eigenvalue weighted by molar-refractivity contribution is 0.143. The molecular weight excluding hydrogens is 286 g/mol. The van der Waals surface area contributed by atoms with Gasteiger partial charge >= 0.3 is 17.4 Å². The molecule has 0 fully saturated rings. The lowest BCUT2D eigenvalue weighted by Gasteiger charge is -2.10. The van der Waals surface area contributed by atoms with E-state index in [4.69, 9.17) is 9.47 Å². The summed E-state index contributed by atoms with van der Waals surface area (Å²) in [6.07, 6.45) is 1.11. The molecule has 0 amide bonds. The van der Waals surface area contributed by atoms with Gasteiger partial charge in [0.1, 0.15) is 12.4 Å². The molecular formula is C15H15N3O4. The third-order valence-electron chi connectivity index (χ3n) is 3.26. The lowest BCUT2D eigenvalue weighted by atomic mass is 10.3. The molecule has 1 aromatic carbocycles. The average molecular weight is 301 g/mol. The van der Waals surface area contributed by atoms with Crippen molar-refractivity contribution in [1.82, 2.24) is 14.1 Å². The molecule has 2 aromatic rings. The monoisotopic (exact) mass is 301 g/mol. The van der Waals surface area contributed by atoms with Crippen molar-refractivity contribution in [2.75, 3.05) is 6.61 Å². The van der Waals surface area contributed by atoms with Crippen LogP contribution in [0.15, 0.2) is 52.6 Å². The molecule has 0 spiro atoms. The molecule has 0 saturated carbocycles. The number of ether oxygens (including phenoxy) is 2. The lowest BCUT2D eigenvalue weighted by Crippen LogP contribution is -2.40. The molecule has 1 aromatic heterocycles. The van der Waals surface area contributed by atoms with E-state index in [9.17, 15) is 9.59 Å². The molecule has 1 aliphatic rings. The summed E-state index contributed by atoms with van der Waals surface area (Å²) in [6.45, 7) is 4.21. The van der Waals surface area contributed by atoms with Crippen molar-refractivity contribution < 1.29 is 9.47 Å². The summed E-state index contributed by atoms with van der Waals surface area (Å²) in [6, 6.07) is 9.34. The van der Waals surface area contributed by atoms with Crippen LogP contribution in [0.1, 0.15) is 0 Å². The van der Waals surface area contributed by atoms with Gasteiger partial charge in [-0.25, -0.2) is 18.7 Å². The Morgan fingerprint density at radius 1 is 1.36 bits per heavy atom. The van der Waals surface area contributed by atoms with Gasteiger partial charge in [0.25, 0.3) is 0 Å². The molecule has 22 heavy (non-hydrogen) atoms. The van der Waals surface area contributed by atoms with Gasteiger partial charge in [-0.05, 0) is 12.1 Å². The van der Waals surface area contributed by atoms with Gasteiger partial charge in [0.05, 0.1) is 13.1 Å². The minimum atomic E-state index is -0.638. The summed E-state index contributed by atoms with van der Waals surface area (Å²) >= 11 is 0. The fourth-order valence-electron chi connectivity index (χ4n) is 2.23. The fourth-order valence-corrected chi connectivity index (χ4v) is 2.23. The second-order valence-electron chi connectivity index (χ2n) is 4.83. The average Bonchev–Trinajstić information content (AvgIpc) is 2.93. The predicted molar refractivity (Wildman–Crippen MR) is 79.3 cm³/mol. The van der Waals surface area contributed by atoms with E-state index < -0.39 is 11.4 Å². The quantitative estimate of drug-likeness (QED) is 0.749. The Labute approximate surface area is 126 Å². The predicted octanol–water partition coefficient (Wildman–Crippen LogP) is 0.431. The molecule has 0 saturated heterocycles. The Balaban J connectivity index is 1.75. The molecule has 114 valence electrons.